The Kier molecular flexibility index (Phi) is 6.49. The van der Waals surface area contributed by atoms with Crippen molar-refractivity contribution in [3.05, 3.63) is 54.4 Å². The fourth-order valence-corrected chi connectivity index (χ4v) is 3.84. The summed E-state index contributed by atoms with van der Waals surface area (Å²) in [5, 5.41) is 22.6. The molecule has 1 aromatic carbocycles. The number of pyridine rings is 1. The molecular formula is C24H29N7O3. The van der Waals surface area contributed by atoms with Crippen LogP contribution in [0.1, 0.15) is 39.2 Å². The lowest BCUT2D eigenvalue weighted by Crippen LogP contribution is -2.36. The number of carboxylic acids is 1. The van der Waals surface area contributed by atoms with Crippen molar-refractivity contribution < 1.29 is 14.7 Å². The highest BCUT2D eigenvalue weighted by Gasteiger charge is 2.25. The van der Waals surface area contributed by atoms with Gasteiger partial charge in [0.05, 0.1) is 29.7 Å². The third-order valence-electron chi connectivity index (χ3n) is 5.91. The molecule has 178 valence electrons. The molecule has 1 aliphatic heterocycles. The van der Waals surface area contributed by atoms with Crippen LogP contribution in [-0.4, -0.2) is 50.2 Å². The summed E-state index contributed by atoms with van der Waals surface area (Å²) in [7, 11) is 0. The molecule has 4 rings (SSSR count). The topological polar surface area (TPSA) is 125 Å². The molecule has 1 aliphatic rings. The van der Waals surface area contributed by atoms with Crippen LogP contribution in [0.25, 0.3) is 5.69 Å². The van der Waals surface area contributed by atoms with Gasteiger partial charge in [-0.05, 0) is 48.1 Å². The van der Waals surface area contributed by atoms with E-state index in [2.05, 4.69) is 63.7 Å². The van der Waals surface area contributed by atoms with E-state index >= 15 is 0 Å². The minimum absolute atomic E-state index is 0.0654. The number of carbonyl (C=O) groups is 2. The molecule has 0 bridgehead atoms. The van der Waals surface area contributed by atoms with Crippen LogP contribution < -0.4 is 15.5 Å². The van der Waals surface area contributed by atoms with Crippen molar-refractivity contribution in [1.82, 2.24) is 20.0 Å². The van der Waals surface area contributed by atoms with Gasteiger partial charge in [0.25, 0.3) is 0 Å². The molecule has 0 aliphatic carbocycles. The average molecular weight is 464 g/mol. The highest BCUT2D eigenvalue weighted by Crippen LogP contribution is 2.24. The van der Waals surface area contributed by atoms with Gasteiger partial charge in [-0.3, -0.25) is 10.1 Å². The Hall–Kier alpha value is -3.95. The monoisotopic (exact) mass is 463 g/mol. The van der Waals surface area contributed by atoms with Gasteiger partial charge in [-0.15, -0.1) is 5.10 Å². The van der Waals surface area contributed by atoms with Crippen LogP contribution >= 0.6 is 0 Å². The molecule has 1 fully saturated rings. The average Bonchev–Trinajstić information content (AvgIpc) is 3.27. The SMILES string of the molecule is CC(C)(C)c1ccc(-n2cc(NC(=O)Nc3ccc(N4CCC(C(=O)O)CC4)nc3)nn2)cc1. The van der Waals surface area contributed by atoms with Gasteiger partial charge in [0.15, 0.2) is 5.82 Å². The number of piperidine rings is 1. The fraction of sp³-hybridized carbons (Fsp3) is 0.375. The summed E-state index contributed by atoms with van der Waals surface area (Å²) in [5.41, 5.74) is 2.67. The number of rotatable bonds is 5. The van der Waals surface area contributed by atoms with Gasteiger partial charge in [0, 0.05) is 13.1 Å². The third kappa shape index (κ3) is 5.51. The number of benzene rings is 1. The Labute approximate surface area is 198 Å². The van der Waals surface area contributed by atoms with Gasteiger partial charge in [-0.1, -0.05) is 38.1 Å². The molecule has 3 heterocycles. The zero-order valence-corrected chi connectivity index (χ0v) is 19.5. The zero-order valence-electron chi connectivity index (χ0n) is 19.5. The lowest BCUT2D eigenvalue weighted by atomic mass is 9.87. The van der Waals surface area contributed by atoms with E-state index in [0.29, 0.717) is 37.4 Å². The predicted molar refractivity (Wildman–Crippen MR) is 130 cm³/mol. The van der Waals surface area contributed by atoms with E-state index in [-0.39, 0.29) is 11.3 Å². The summed E-state index contributed by atoms with van der Waals surface area (Å²) in [5.74, 6) is 0.0526. The zero-order chi connectivity index (χ0) is 24.3. The maximum absolute atomic E-state index is 12.4. The number of aliphatic carboxylic acids is 1. The Morgan fingerprint density at radius 2 is 1.74 bits per heavy atom. The first-order chi connectivity index (χ1) is 16.2. The van der Waals surface area contributed by atoms with Gasteiger partial charge in [-0.25, -0.2) is 14.5 Å². The first-order valence-electron chi connectivity index (χ1n) is 11.2. The Morgan fingerprint density at radius 1 is 1.03 bits per heavy atom. The number of hydrogen-bond donors (Lipinski definition) is 3. The summed E-state index contributed by atoms with van der Waals surface area (Å²) in [6.45, 7) is 7.76. The highest BCUT2D eigenvalue weighted by atomic mass is 16.4. The molecule has 0 spiro atoms. The minimum atomic E-state index is -0.739. The molecule has 10 nitrogen and oxygen atoms in total. The molecule has 34 heavy (non-hydrogen) atoms. The molecule has 0 atom stereocenters. The Bertz CT molecular complexity index is 1140. The van der Waals surface area contributed by atoms with Crippen molar-refractivity contribution in [2.75, 3.05) is 28.6 Å². The predicted octanol–water partition coefficient (Wildman–Crippen LogP) is 3.90. The standard InChI is InChI=1S/C24H29N7O3/c1-24(2,3)17-4-7-19(8-5-17)31-15-20(28-29-31)27-23(34)26-18-6-9-21(25-14-18)30-12-10-16(11-13-30)22(32)33/h4-9,14-16H,10-13H2,1-3H3,(H,32,33)(H2,26,27,34). The van der Waals surface area contributed by atoms with Crippen LogP contribution in [0.4, 0.5) is 22.1 Å². The Morgan fingerprint density at radius 3 is 2.32 bits per heavy atom. The molecule has 0 saturated carbocycles. The lowest BCUT2D eigenvalue weighted by Gasteiger charge is -2.31. The van der Waals surface area contributed by atoms with Crippen molar-refractivity contribution >= 4 is 29.3 Å². The van der Waals surface area contributed by atoms with E-state index in [1.165, 1.54) is 5.56 Å². The molecule has 10 heteroatoms. The van der Waals surface area contributed by atoms with E-state index < -0.39 is 12.0 Å². The van der Waals surface area contributed by atoms with E-state index in [1.54, 1.807) is 23.1 Å². The van der Waals surface area contributed by atoms with Crippen LogP contribution in [0, 0.1) is 5.92 Å². The van der Waals surface area contributed by atoms with E-state index in [4.69, 9.17) is 5.11 Å². The van der Waals surface area contributed by atoms with Crippen molar-refractivity contribution in [3.8, 4) is 5.69 Å². The smallest absolute Gasteiger partial charge is 0.324 e. The molecule has 3 aromatic rings. The van der Waals surface area contributed by atoms with Crippen LogP contribution in [0.15, 0.2) is 48.8 Å². The molecule has 2 amide bonds. The Balaban J connectivity index is 1.31. The number of carbonyl (C=O) groups excluding carboxylic acids is 1. The second-order valence-electron chi connectivity index (χ2n) is 9.43. The summed E-state index contributed by atoms with van der Waals surface area (Å²) < 4.78 is 1.60. The van der Waals surface area contributed by atoms with Crippen molar-refractivity contribution in [3.63, 3.8) is 0 Å². The fourth-order valence-electron chi connectivity index (χ4n) is 3.84. The number of urea groups is 1. The third-order valence-corrected chi connectivity index (χ3v) is 5.91. The number of carboxylic acid groups (broad SMARTS) is 1. The maximum atomic E-state index is 12.4. The van der Waals surface area contributed by atoms with Crippen molar-refractivity contribution in [2.45, 2.75) is 39.0 Å². The number of anilines is 3. The van der Waals surface area contributed by atoms with Gasteiger partial charge >= 0.3 is 12.0 Å². The van der Waals surface area contributed by atoms with Crippen LogP contribution in [0.3, 0.4) is 0 Å². The quantitative estimate of drug-likeness (QED) is 0.524. The van der Waals surface area contributed by atoms with E-state index in [9.17, 15) is 9.59 Å². The maximum Gasteiger partial charge on any atom is 0.324 e. The van der Waals surface area contributed by atoms with E-state index in [1.807, 2.05) is 18.2 Å². The molecule has 0 radical (unpaired) electrons. The summed E-state index contributed by atoms with van der Waals surface area (Å²) in [6.07, 6.45) is 4.42. The van der Waals surface area contributed by atoms with Gasteiger partial charge in [0.1, 0.15) is 5.82 Å². The van der Waals surface area contributed by atoms with Crippen molar-refractivity contribution in [2.24, 2.45) is 5.92 Å². The summed E-state index contributed by atoms with van der Waals surface area (Å²) >= 11 is 0. The van der Waals surface area contributed by atoms with Crippen LogP contribution in [0.2, 0.25) is 0 Å². The molecular weight excluding hydrogens is 434 g/mol. The van der Waals surface area contributed by atoms with Crippen LogP contribution in [0.5, 0.6) is 0 Å². The molecule has 0 unspecified atom stereocenters. The van der Waals surface area contributed by atoms with Crippen molar-refractivity contribution in [1.29, 1.82) is 0 Å². The lowest BCUT2D eigenvalue weighted by molar-refractivity contribution is -0.142. The normalized spacial score (nSPS) is 14.6. The summed E-state index contributed by atoms with van der Waals surface area (Å²) in [6, 6.07) is 11.2. The number of nitrogens with one attached hydrogen (secondary N) is 2. The number of amides is 2. The summed E-state index contributed by atoms with van der Waals surface area (Å²) in [4.78, 5) is 29.9. The number of aromatic nitrogens is 4. The van der Waals surface area contributed by atoms with Crippen LogP contribution in [-0.2, 0) is 10.2 Å². The van der Waals surface area contributed by atoms with Gasteiger partial charge in [0.2, 0.25) is 0 Å². The first kappa shape index (κ1) is 23.2. The van der Waals surface area contributed by atoms with Gasteiger partial charge < -0.3 is 15.3 Å². The number of hydrogen-bond acceptors (Lipinski definition) is 6. The van der Waals surface area contributed by atoms with Gasteiger partial charge in [-0.2, -0.15) is 0 Å². The van der Waals surface area contributed by atoms with E-state index in [0.717, 1.165) is 11.5 Å². The first-order valence-corrected chi connectivity index (χ1v) is 11.2. The largest absolute Gasteiger partial charge is 0.481 e. The molecule has 3 N–H and O–H groups in total. The second-order valence-corrected chi connectivity index (χ2v) is 9.43. The number of nitrogens with zero attached hydrogens (tertiary/aromatic N) is 5. The highest BCUT2D eigenvalue weighted by molar-refractivity contribution is 5.99. The minimum Gasteiger partial charge on any atom is -0.481 e. The second kappa shape index (κ2) is 9.50. The molecule has 1 saturated heterocycles. The molecule has 2 aromatic heterocycles.